The Morgan fingerprint density at radius 1 is 1.43 bits per heavy atom. The topological polar surface area (TPSA) is 55.1 Å². The van der Waals surface area contributed by atoms with E-state index in [-0.39, 0.29) is 5.91 Å². The van der Waals surface area contributed by atoms with Crippen molar-refractivity contribution in [2.75, 3.05) is 0 Å². The standard InChI is InChI=1S/C9H10Cl2N2O/c10-7-3-1-6(8(11)5-7)2-4-9(14)13-12/h1,3,5H,2,4,12H2,(H,13,14). The zero-order valence-electron chi connectivity index (χ0n) is 7.39. The monoisotopic (exact) mass is 232 g/mol. The fraction of sp³-hybridized carbons (Fsp3) is 0.222. The fourth-order valence-corrected chi connectivity index (χ4v) is 1.55. The minimum atomic E-state index is -0.212. The lowest BCUT2D eigenvalue weighted by Gasteiger charge is -2.03. The van der Waals surface area contributed by atoms with Crippen LogP contribution >= 0.6 is 23.2 Å². The molecule has 0 atom stereocenters. The number of carbonyl (C=O) groups excluding carboxylic acids is 1. The lowest BCUT2D eigenvalue weighted by Crippen LogP contribution is -2.30. The highest BCUT2D eigenvalue weighted by Crippen LogP contribution is 2.21. The predicted octanol–water partition coefficient (Wildman–Crippen LogP) is 1.92. The predicted molar refractivity (Wildman–Crippen MR) is 57.1 cm³/mol. The van der Waals surface area contributed by atoms with Crippen molar-refractivity contribution >= 4 is 29.1 Å². The van der Waals surface area contributed by atoms with Crippen LogP contribution in [0.15, 0.2) is 18.2 Å². The molecule has 0 aliphatic carbocycles. The Morgan fingerprint density at radius 2 is 2.14 bits per heavy atom. The van der Waals surface area contributed by atoms with E-state index in [1.54, 1.807) is 18.2 Å². The highest BCUT2D eigenvalue weighted by Gasteiger charge is 2.04. The van der Waals surface area contributed by atoms with E-state index in [0.717, 1.165) is 5.56 Å². The molecule has 0 radical (unpaired) electrons. The van der Waals surface area contributed by atoms with Gasteiger partial charge in [-0.25, -0.2) is 5.84 Å². The summed E-state index contributed by atoms with van der Waals surface area (Å²) in [6.45, 7) is 0. The number of benzene rings is 1. The zero-order valence-corrected chi connectivity index (χ0v) is 8.90. The van der Waals surface area contributed by atoms with Gasteiger partial charge in [-0.3, -0.25) is 10.2 Å². The molecule has 76 valence electrons. The molecule has 1 rings (SSSR count). The number of hydrazine groups is 1. The number of nitrogens with two attached hydrogens (primary N) is 1. The Bertz CT molecular complexity index is 342. The molecule has 0 aliphatic heterocycles. The lowest BCUT2D eigenvalue weighted by molar-refractivity contribution is -0.121. The van der Waals surface area contributed by atoms with Crippen molar-refractivity contribution in [2.45, 2.75) is 12.8 Å². The second-order valence-electron chi connectivity index (χ2n) is 2.80. The fourth-order valence-electron chi connectivity index (χ4n) is 1.04. The normalized spacial score (nSPS) is 9.93. The highest BCUT2D eigenvalue weighted by atomic mass is 35.5. The summed E-state index contributed by atoms with van der Waals surface area (Å²) < 4.78 is 0. The van der Waals surface area contributed by atoms with Gasteiger partial charge < -0.3 is 0 Å². The molecule has 3 nitrogen and oxygen atoms in total. The van der Waals surface area contributed by atoms with E-state index in [4.69, 9.17) is 29.0 Å². The molecule has 0 fully saturated rings. The minimum absolute atomic E-state index is 0.212. The first kappa shape index (κ1) is 11.3. The minimum Gasteiger partial charge on any atom is -0.294 e. The third-order valence-electron chi connectivity index (χ3n) is 1.80. The van der Waals surface area contributed by atoms with Crippen LogP contribution in [0.3, 0.4) is 0 Å². The summed E-state index contributed by atoms with van der Waals surface area (Å²) in [4.78, 5) is 10.9. The van der Waals surface area contributed by atoms with Crippen molar-refractivity contribution in [3.8, 4) is 0 Å². The third-order valence-corrected chi connectivity index (χ3v) is 2.38. The summed E-state index contributed by atoms with van der Waals surface area (Å²) in [5, 5.41) is 1.16. The van der Waals surface area contributed by atoms with E-state index >= 15 is 0 Å². The molecule has 0 aromatic heterocycles. The van der Waals surface area contributed by atoms with Gasteiger partial charge in [0.25, 0.3) is 0 Å². The maximum atomic E-state index is 10.9. The molecule has 0 heterocycles. The number of halogens is 2. The summed E-state index contributed by atoms with van der Waals surface area (Å²) in [7, 11) is 0. The Kier molecular flexibility index (Phi) is 4.20. The molecule has 1 aromatic carbocycles. The number of hydrogen-bond donors (Lipinski definition) is 2. The maximum Gasteiger partial charge on any atom is 0.234 e. The number of nitrogens with one attached hydrogen (secondary N) is 1. The molecule has 0 bridgehead atoms. The molecule has 1 amide bonds. The van der Waals surface area contributed by atoms with Gasteiger partial charge in [-0.1, -0.05) is 29.3 Å². The number of amides is 1. The number of aryl methyl sites for hydroxylation is 1. The van der Waals surface area contributed by atoms with Crippen LogP contribution in [-0.2, 0) is 11.2 Å². The first-order chi connectivity index (χ1) is 6.63. The molecule has 3 N–H and O–H groups in total. The first-order valence-electron chi connectivity index (χ1n) is 4.07. The largest absolute Gasteiger partial charge is 0.294 e. The van der Waals surface area contributed by atoms with E-state index in [9.17, 15) is 4.79 Å². The smallest absolute Gasteiger partial charge is 0.234 e. The van der Waals surface area contributed by atoms with Gasteiger partial charge in [0.15, 0.2) is 0 Å². The quantitative estimate of drug-likeness (QED) is 0.476. The molecule has 1 aromatic rings. The van der Waals surface area contributed by atoms with Gasteiger partial charge in [-0.15, -0.1) is 0 Å². The Morgan fingerprint density at radius 3 is 2.71 bits per heavy atom. The van der Waals surface area contributed by atoms with Crippen molar-refractivity contribution in [1.29, 1.82) is 0 Å². The summed E-state index contributed by atoms with van der Waals surface area (Å²) in [6, 6.07) is 5.19. The van der Waals surface area contributed by atoms with Crippen LogP contribution < -0.4 is 11.3 Å². The molecular formula is C9H10Cl2N2O. The van der Waals surface area contributed by atoms with Gasteiger partial charge in [0.2, 0.25) is 5.91 Å². The van der Waals surface area contributed by atoms with E-state index in [0.29, 0.717) is 22.9 Å². The van der Waals surface area contributed by atoms with Crippen LogP contribution in [0.2, 0.25) is 10.0 Å². The summed E-state index contributed by atoms with van der Waals surface area (Å²) in [5.74, 6) is 4.73. The van der Waals surface area contributed by atoms with Gasteiger partial charge in [0, 0.05) is 16.5 Å². The Hall–Kier alpha value is -0.770. The van der Waals surface area contributed by atoms with Gasteiger partial charge in [-0.2, -0.15) is 0 Å². The molecule has 0 spiro atoms. The Balaban J connectivity index is 2.63. The molecule has 0 saturated carbocycles. The first-order valence-corrected chi connectivity index (χ1v) is 4.82. The molecule has 5 heteroatoms. The molecule has 0 aliphatic rings. The third kappa shape index (κ3) is 3.18. The summed E-state index contributed by atoms with van der Waals surface area (Å²) in [6.07, 6.45) is 0.872. The van der Waals surface area contributed by atoms with Crippen LogP contribution in [-0.4, -0.2) is 5.91 Å². The Labute approximate surface area is 92.2 Å². The van der Waals surface area contributed by atoms with Crippen molar-refractivity contribution in [3.63, 3.8) is 0 Å². The second kappa shape index (κ2) is 5.20. The van der Waals surface area contributed by atoms with Gasteiger partial charge in [0.05, 0.1) is 0 Å². The van der Waals surface area contributed by atoms with Gasteiger partial charge in [-0.05, 0) is 24.1 Å². The van der Waals surface area contributed by atoms with Crippen LogP contribution in [0.5, 0.6) is 0 Å². The van der Waals surface area contributed by atoms with Gasteiger partial charge >= 0.3 is 0 Å². The number of rotatable bonds is 3. The number of hydrogen-bond acceptors (Lipinski definition) is 2. The van der Waals surface area contributed by atoms with Crippen LogP contribution in [0.4, 0.5) is 0 Å². The lowest BCUT2D eigenvalue weighted by atomic mass is 10.1. The average molecular weight is 233 g/mol. The number of carbonyl (C=O) groups is 1. The summed E-state index contributed by atoms with van der Waals surface area (Å²) in [5.41, 5.74) is 2.95. The van der Waals surface area contributed by atoms with E-state index < -0.39 is 0 Å². The van der Waals surface area contributed by atoms with Crippen molar-refractivity contribution < 1.29 is 4.79 Å². The molecule has 14 heavy (non-hydrogen) atoms. The zero-order chi connectivity index (χ0) is 10.6. The molecule has 0 unspecified atom stereocenters. The van der Waals surface area contributed by atoms with Gasteiger partial charge in [0.1, 0.15) is 0 Å². The molecule has 0 saturated heterocycles. The van der Waals surface area contributed by atoms with E-state index in [1.165, 1.54) is 0 Å². The van der Waals surface area contributed by atoms with Crippen molar-refractivity contribution in [2.24, 2.45) is 5.84 Å². The highest BCUT2D eigenvalue weighted by molar-refractivity contribution is 6.35. The molecular weight excluding hydrogens is 223 g/mol. The summed E-state index contributed by atoms with van der Waals surface area (Å²) >= 11 is 11.6. The van der Waals surface area contributed by atoms with Crippen molar-refractivity contribution in [1.82, 2.24) is 5.43 Å². The second-order valence-corrected chi connectivity index (χ2v) is 3.65. The SMILES string of the molecule is NNC(=O)CCc1ccc(Cl)cc1Cl. The average Bonchev–Trinajstić information content (AvgIpc) is 2.16. The maximum absolute atomic E-state index is 10.9. The van der Waals surface area contributed by atoms with Crippen LogP contribution in [0, 0.1) is 0 Å². The van der Waals surface area contributed by atoms with Crippen molar-refractivity contribution in [3.05, 3.63) is 33.8 Å². The van der Waals surface area contributed by atoms with Crippen LogP contribution in [0.1, 0.15) is 12.0 Å². The van der Waals surface area contributed by atoms with E-state index in [1.807, 2.05) is 0 Å². The van der Waals surface area contributed by atoms with E-state index in [2.05, 4.69) is 5.43 Å². The van der Waals surface area contributed by atoms with Crippen LogP contribution in [0.25, 0.3) is 0 Å².